The lowest BCUT2D eigenvalue weighted by Gasteiger charge is -2.15. The molecular formula is C21H19ClN2OS. The van der Waals surface area contributed by atoms with Crippen LogP contribution in [0.3, 0.4) is 0 Å². The highest BCUT2D eigenvalue weighted by molar-refractivity contribution is 7.16. The molecule has 0 saturated carbocycles. The van der Waals surface area contributed by atoms with Gasteiger partial charge >= 0.3 is 0 Å². The molecule has 1 aliphatic carbocycles. The highest BCUT2D eigenvalue weighted by atomic mass is 35.5. The number of aromatic nitrogens is 1. The molecule has 3 aromatic rings. The molecule has 1 heterocycles. The zero-order valence-electron chi connectivity index (χ0n) is 14.4. The number of nitrogens with zero attached hydrogens (tertiary/aromatic N) is 2. The van der Waals surface area contributed by atoms with Crippen molar-refractivity contribution >= 4 is 39.1 Å². The van der Waals surface area contributed by atoms with Gasteiger partial charge in [0, 0.05) is 12.1 Å². The predicted octanol–water partition coefficient (Wildman–Crippen LogP) is 5.16. The summed E-state index contributed by atoms with van der Waals surface area (Å²) in [7, 11) is 0. The van der Waals surface area contributed by atoms with E-state index < -0.39 is 0 Å². The van der Waals surface area contributed by atoms with E-state index in [0.29, 0.717) is 21.9 Å². The summed E-state index contributed by atoms with van der Waals surface area (Å²) in [6.45, 7) is 4.37. The summed E-state index contributed by atoms with van der Waals surface area (Å²) in [6.07, 6.45) is 6.36. The van der Waals surface area contributed by atoms with Gasteiger partial charge in [-0.25, -0.2) is 0 Å². The predicted molar refractivity (Wildman–Crippen MR) is 108 cm³/mol. The summed E-state index contributed by atoms with van der Waals surface area (Å²) < 4.78 is 2.96. The fraction of sp³-hybridized carbons (Fsp3) is 0.238. The minimum Gasteiger partial charge on any atom is -0.311 e. The SMILES string of the molecule is C=CCn1c(=NC(=O)c2ccc3c(c2)CCCC3)sc2cccc(Cl)c21. The summed E-state index contributed by atoms with van der Waals surface area (Å²) in [5, 5.41) is 0.656. The number of fused-ring (bicyclic) bond motifs is 2. The van der Waals surface area contributed by atoms with Gasteiger partial charge in [0.1, 0.15) is 0 Å². The molecule has 0 spiro atoms. The van der Waals surface area contributed by atoms with Crippen LogP contribution in [0.15, 0.2) is 54.0 Å². The van der Waals surface area contributed by atoms with Crippen LogP contribution in [-0.2, 0) is 19.4 Å². The van der Waals surface area contributed by atoms with E-state index in [1.807, 2.05) is 34.9 Å². The number of benzene rings is 2. The van der Waals surface area contributed by atoms with Crippen molar-refractivity contribution in [2.24, 2.45) is 4.99 Å². The lowest BCUT2D eigenvalue weighted by molar-refractivity contribution is 0.0997. The van der Waals surface area contributed by atoms with Gasteiger partial charge in [-0.1, -0.05) is 41.1 Å². The molecule has 1 aliphatic rings. The second-order valence-corrected chi connectivity index (χ2v) is 7.89. The Kier molecular flexibility index (Phi) is 4.79. The lowest BCUT2D eigenvalue weighted by atomic mass is 9.90. The molecule has 5 heteroatoms. The van der Waals surface area contributed by atoms with Gasteiger partial charge < -0.3 is 4.57 Å². The van der Waals surface area contributed by atoms with E-state index in [0.717, 1.165) is 23.1 Å². The van der Waals surface area contributed by atoms with Crippen molar-refractivity contribution in [2.45, 2.75) is 32.2 Å². The summed E-state index contributed by atoms with van der Waals surface area (Å²) in [5.74, 6) is -0.209. The number of thiazole rings is 1. The van der Waals surface area contributed by atoms with Crippen LogP contribution in [0.4, 0.5) is 0 Å². The Morgan fingerprint density at radius 3 is 2.85 bits per heavy atom. The fourth-order valence-corrected chi connectivity index (χ4v) is 4.89. The third-order valence-corrected chi connectivity index (χ3v) is 6.10. The molecule has 1 aromatic heterocycles. The largest absolute Gasteiger partial charge is 0.311 e. The topological polar surface area (TPSA) is 34.4 Å². The second-order valence-electron chi connectivity index (χ2n) is 6.48. The molecule has 0 bridgehead atoms. The van der Waals surface area contributed by atoms with Crippen LogP contribution in [0, 0.1) is 0 Å². The minimum atomic E-state index is -0.209. The maximum Gasteiger partial charge on any atom is 0.279 e. The molecule has 0 saturated heterocycles. The van der Waals surface area contributed by atoms with E-state index in [-0.39, 0.29) is 5.91 Å². The maximum absolute atomic E-state index is 12.8. The molecule has 132 valence electrons. The number of carbonyl (C=O) groups is 1. The third-order valence-electron chi connectivity index (χ3n) is 4.76. The van der Waals surface area contributed by atoms with Crippen molar-refractivity contribution in [1.82, 2.24) is 4.57 Å². The normalized spacial score (nSPS) is 14.4. The first-order valence-electron chi connectivity index (χ1n) is 8.77. The Bertz CT molecular complexity index is 1080. The molecule has 0 N–H and O–H groups in total. The standard InChI is InChI=1S/C21H19ClN2OS/c1-2-12-24-19-17(22)8-5-9-18(19)26-21(24)23-20(25)16-11-10-14-6-3-4-7-15(14)13-16/h2,5,8-11,13H,1,3-4,6-7,12H2. The first kappa shape index (κ1) is 17.3. The number of amides is 1. The molecule has 2 aromatic carbocycles. The molecule has 0 radical (unpaired) electrons. The first-order valence-corrected chi connectivity index (χ1v) is 9.96. The highest BCUT2D eigenvalue weighted by Gasteiger charge is 2.14. The molecule has 0 unspecified atom stereocenters. The number of allylic oxidation sites excluding steroid dienone is 1. The Morgan fingerprint density at radius 1 is 1.23 bits per heavy atom. The molecule has 0 atom stereocenters. The number of carbonyl (C=O) groups excluding carboxylic acids is 1. The van der Waals surface area contributed by atoms with E-state index >= 15 is 0 Å². The number of rotatable bonds is 3. The molecular weight excluding hydrogens is 364 g/mol. The van der Waals surface area contributed by atoms with Crippen molar-refractivity contribution in [3.8, 4) is 0 Å². The molecule has 4 rings (SSSR count). The Morgan fingerprint density at radius 2 is 2.04 bits per heavy atom. The quantitative estimate of drug-likeness (QED) is 0.576. The molecule has 3 nitrogen and oxygen atoms in total. The van der Waals surface area contributed by atoms with Crippen molar-refractivity contribution in [3.63, 3.8) is 0 Å². The lowest BCUT2D eigenvalue weighted by Crippen LogP contribution is -2.16. The summed E-state index contributed by atoms with van der Waals surface area (Å²) in [6, 6.07) is 11.7. The number of halogens is 1. The van der Waals surface area contributed by atoms with E-state index in [4.69, 9.17) is 11.6 Å². The average molecular weight is 383 g/mol. The molecule has 1 amide bonds. The number of para-hydroxylation sites is 1. The van der Waals surface area contributed by atoms with E-state index in [1.54, 1.807) is 6.08 Å². The molecule has 0 aliphatic heterocycles. The number of aryl methyl sites for hydroxylation is 2. The van der Waals surface area contributed by atoms with Crippen LogP contribution in [0.1, 0.15) is 34.3 Å². The Labute approximate surface area is 161 Å². The minimum absolute atomic E-state index is 0.209. The average Bonchev–Trinajstić information content (AvgIpc) is 3.00. The van der Waals surface area contributed by atoms with Gasteiger partial charge in [-0.15, -0.1) is 6.58 Å². The van der Waals surface area contributed by atoms with E-state index in [2.05, 4.69) is 17.6 Å². The zero-order valence-corrected chi connectivity index (χ0v) is 15.9. The van der Waals surface area contributed by atoms with Crippen molar-refractivity contribution < 1.29 is 4.79 Å². The maximum atomic E-state index is 12.8. The van der Waals surface area contributed by atoms with Crippen LogP contribution in [-0.4, -0.2) is 10.5 Å². The smallest absolute Gasteiger partial charge is 0.279 e. The number of hydrogen-bond acceptors (Lipinski definition) is 2. The van der Waals surface area contributed by atoms with Crippen molar-refractivity contribution in [2.75, 3.05) is 0 Å². The molecule has 0 fully saturated rings. The monoisotopic (exact) mass is 382 g/mol. The van der Waals surface area contributed by atoms with Gasteiger partial charge in [-0.3, -0.25) is 4.79 Å². The zero-order chi connectivity index (χ0) is 18.1. The van der Waals surface area contributed by atoms with Crippen LogP contribution >= 0.6 is 22.9 Å². The molecule has 26 heavy (non-hydrogen) atoms. The summed E-state index contributed by atoms with van der Waals surface area (Å²) >= 11 is 7.84. The fourth-order valence-electron chi connectivity index (χ4n) is 3.49. The second kappa shape index (κ2) is 7.22. The number of hydrogen-bond donors (Lipinski definition) is 0. The van der Waals surface area contributed by atoms with E-state index in [1.165, 1.54) is 35.3 Å². The van der Waals surface area contributed by atoms with Gasteiger partial charge in [-0.05, 0) is 61.1 Å². The third kappa shape index (κ3) is 3.15. The van der Waals surface area contributed by atoms with Gasteiger partial charge in [-0.2, -0.15) is 4.99 Å². The van der Waals surface area contributed by atoms with Gasteiger partial charge in [0.05, 0.1) is 15.2 Å². The summed E-state index contributed by atoms with van der Waals surface area (Å²) in [5.41, 5.74) is 4.20. The van der Waals surface area contributed by atoms with Crippen LogP contribution in [0.2, 0.25) is 5.02 Å². The van der Waals surface area contributed by atoms with Crippen LogP contribution < -0.4 is 4.80 Å². The van der Waals surface area contributed by atoms with Gasteiger partial charge in [0.2, 0.25) is 0 Å². The Balaban J connectivity index is 1.80. The summed E-state index contributed by atoms with van der Waals surface area (Å²) in [4.78, 5) is 17.8. The van der Waals surface area contributed by atoms with Gasteiger partial charge in [0.15, 0.2) is 4.80 Å². The van der Waals surface area contributed by atoms with Crippen LogP contribution in [0.5, 0.6) is 0 Å². The van der Waals surface area contributed by atoms with Gasteiger partial charge in [0.25, 0.3) is 5.91 Å². The van der Waals surface area contributed by atoms with Crippen molar-refractivity contribution in [3.05, 3.63) is 75.6 Å². The van der Waals surface area contributed by atoms with Crippen molar-refractivity contribution in [1.29, 1.82) is 0 Å². The first-order chi connectivity index (χ1) is 12.7. The highest BCUT2D eigenvalue weighted by Crippen LogP contribution is 2.26. The van der Waals surface area contributed by atoms with Crippen LogP contribution in [0.25, 0.3) is 10.2 Å². The Hall–Kier alpha value is -2.17. The van der Waals surface area contributed by atoms with E-state index in [9.17, 15) is 4.79 Å².